The quantitative estimate of drug-likeness (QED) is 0.441. The van der Waals surface area contributed by atoms with E-state index in [2.05, 4.69) is 5.32 Å². The zero-order valence-electron chi connectivity index (χ0n) is 16.4. The van der Waals surface area contributed by atoms with E-state index in [4.69, 9.17) is 40.2 Å². The van der Waals surface area contributed by atoms with E-state index < -0.39 is 0 Å². The Morgan fingerprint density at radius 2 is 1.83 bits per heavy atom. The Bertz CT molecular complexity index is 985. The molecule has 0 bridgehead atoms. The Kier molecular flexibility index (Phi) is 6.61. The standard InChI is InChI=1S/C23H22Cl2N2O2S/c24-17-9-6-15(7-10-17)14-29-21-11-8-16(12-19(21)25)13-20-22(28)27(23(30)26-20)18-4-2-1-3-5-18/h6-13,18H,1-5,14H2,(H,26,30)/b20-13-. The third-order valence-corrected chi connectivity index (χ3v) is 6.27. The third-order valence-electron chi connectivity index (χ3n) is 5.42. The number of ether oxygens (including phenoxy) is 1. The Hall–Kier alpha value is -2.08. The summed E-state index contributed by atoms with van der Waals surface area (Å²) in [5.74, 6) is 0.518. The fourth-order valence-electron chi connectivity index (χ4n) is 3.85. The first-order valence-electron chi connectivity index (χ1n) is 10.0. The van der Waals surface area contributed by atoms with Crippen molar-refractivity contribution >= 4 is 52.5 Å². The van der Waals surface area contributed by atoms with Crippen molar-refractivity contribution in [1.29, 1.82) is 0 Å². The van der Waals surface area contributed by atoms with Crippen LogP contribution in [0.4, 0.5) is 0 Å². The van der Waals surface area contributed by atoms with Gasteiger partial charge in [0.15, 0.2) is 5.11 Å². The van der Waals surface area contributed by atoms with Gasteiger partial charge in [-0.15, -0.1) is 0 Å². The van der Waals surface area contributed by atoms with E-state index >= 15 is 0 Å². The normalized spacial score (nSPS) is 18.7. The van der Waals surface area contributed by atoms with Crippen LogP contribution in [0.3, 0.4) is 0 Å². The van der Waals surface area contributed by atoms with Crippen molar-refractivity contribution in [2.24, 2.45) is 0 Å². The van der Waals surface area contributed by atoms with E-state index in [-0.39, 0.29) is 11.9 Å². The lowest BCUT2D eigenvalue weighted by molar-refractivity contribution is -0.124. The summed E-state index contributed by atoms with van der Waals surface area (Å²) in [6.45, 7) is 0.391. The number of halogens is 2. The molecule has 4 nitrogen and oxygen atoms in total. The van der Waals surface area contributed by atoms with Crippen molar-refractivity contribution in [2.75, 3.05) is 0 Å². The highest BCUT2D eigenvalue weighted by Gasteiger charge is 2.36. The Balaban J connectivity index is 1.44. The molecule has 2 aromatic rings. The van der Waals surface area contributed by atoms with E-state index in [1.807, 2.05) is 30.3 Å². The molecule has 30 heavy (non-hydrogen) atoms. The van der Waals surface area contributed by atoms with Crippen LogP contribution in [0.15, 0.2) is 48.2 Å². The molecule has 1 saturated carbocycles. The van der Waals surface area contributed by atoms with Gasteiger partial charge in [-0.05, 0) is 66.5 Å². The maximum atomic E-state index is 12.9. The van der Waals surface area contributed by atoms with Crippen molar-refractivity contribution in [2.45, 2.75) is 44.8 Å². The number of nitrogens with one attached hydrogen (secondary N) is 1. The molecule has 0 atom stereocenters. The highest BCUT2D eigenvalue weighted by Crippen LogP contribution is 2.29. The van der Waals surface area contributed by atoms with Crippen molar-refractivity contribution in [1.82, 2.24) is 10.2 Å². The lowest BCUT2D eigenvalue weighted by atomic mass is 9.94. The summed E-state index contributed by atoms with van der Waals surface area (Å²) in [5.41, 5.74) is 2.29. The summed E-state index contributed by atoms with van der Waals surface area (Å²) < 4.78 is 5.81. The smallest absolute Gasteiger partial charge is 0.276 e. The Morgan fingerprint density at radius 3 is 2.53 bits per heavy atom. The summed E-state index contributed by atoms with van der Waals surface area (Å²) >= 11 is 17.7. The number of hydrogen-bond donors (Lipinski definition) is 1. The van der Waals surface area contributed by atoms with E-state index in [0.717, 1.165) is 36.8 Å². The largest absolute Gasteiger partial charge is 0.487 e. The van der Waals surface area contributed by atoms with Crippen LogP contribution in [0.2, 0.25) is 10.0 Å². The highest BCUT2D eigenvalue weighted by atomic mass is 35.5. The van der Waals surface area contributed by atoms with Gasteiger partial charge in [-0.3, -0.25) is 9.69 Å². The van der Waals surface area contributed by atoms with Crippen LogP contribution in [0.25, 0.3) is 6.08 Å². The number of nitrogens with zero attached hydrogens (tertiary/aromatic N) is 1. The molecule has 0 radical (unpaired) electrons. The molecule has 1 aliphatic heterocycles. The molecule has 1 heterocycles. The molecule has 156 valence electrons. The lowest BCUT2D eigenvalue weighted by Gasteiger charge is -2.29. The third kappa shape index (κ3) is 4.80. The van der Waals surface area contributed by atoms with Crippen LogP contribution in [-0.2, 0) is 11.4 Å². The summed E-state index contributed by atoms with van der Waals surface area (Å²) in [6.07, 6.45) is 7.31. The maximum Gasteiger partial charge on any atom is 0.276 e. The van der Waals surface area contributed by atoms with E-state index in [0.29, 0.717) is 33.2 Å². The first kappa shape index (κ1) is 21.2. The average Bonchev–Trinajstić information content (AvgIpc) is 3.02. The minimum atomic E-state index is -0.0638. The van der Waals surface area contributed by atoms with Crippen LogP contribution in [0, 0.1) is 0 Å². The van der Waals surface area contributed by atoms with Gasteiger partial charge in [0.05, 0.1) is 5.02 Å². The minimum Gasteiger partial charge on any atom is -0.487 e. The molecule has 1 N–H and O–H groups in total. The molecule has 0 aromatic heterocycles. The van der Waals surface area contributed by atoms with Gasteiger partial charge in [0, 0.05) is 11.1 Å². The van der Waals surface area contributed by atoms with Crippen molar-refractivity contribution < 1.29 is 9.53 Å². The van der Waals surface area contributed by atoms with Crippen LogP contribution in [-0.4, -0.2) is 22.0 Å². The topological polar surface area (TPSA) is 41.6 Å². The number of carbonyl (C=O) groups excluding carboxylic acids is 1. The molecule has 0 unspecified atom stereocenters. The molecule has 7 heteroatoms. The molecular weight excluding hydrogens is 439 g/mol. The molecule has 1 aliphatic carbocycles. The number of thiocarbonyl (C=S) groups is 1. The van der Waals surface area contributed by atoms with Gasteiger partial charge in [-0.1, -0.05) is 60.7 Å². The fraction of sp³-hybridized carbons (Fsp3) is 0.304. The van der Waals surface area contributed by atoms with E-state index in [1.165, 1.54) is 6.42 Å². The lowest BCUT2D eigenvalue weighted by Crippen LogP contribution is -2.41. The Morgan fingerprint density at radius 1 is 1.10 bits per heavy atom. The van der Waals surface area contributed by atoms with Gasteiger partial charge < -0.3 is 10.1 Å². The molecule has 1 amide bonds. The second-order valence-electron chi connectivity index (χ2n) is 7.56. The highest BCUT2D eigenvalue weighted by molar-refractivity contribution is 7.80. The summed E-state index contributed by atoms with van der Waals surface area (Å²) in [4.78, 5) is 14.6. The number of benzene rings is 2. The predicted octanol–water partition coefficient (Wildman–Crippen LogP) is 5.96. The molecule has 4 rings (SSSR count). The molecular formula is C23H22Cl2N2O2S. The van der Waals surface area contributed by atoms with Crippen LogP contribution in [0.1, 0.15) is 43.2 Å². The number of carbonyl (C=O) groups is 1. The molecule has 2 fully saturated rings. The zero-order valence-corrected chi connectivity index (χ0v) is 18.7. The minimum absolute atomic E-state index is 0.0638. The molecule has 2 aromatic carbocycles. The van der Waals surface area contributed by atoms with Crippen LogP contribution < -0.4 is 10.1 Å². The van der Waals surface area contributed by atoms with Crippen molar-refractivity contribution in [3.63, 3.8) is 0 Å². The van der Waals surface area contributed by atoms with Gasteiger partial charge in [-0.25, -0.2) is 0 Å². The summed E-state index contributed by atoms with van der Waals surface area (Å²) in [7, 11) is 0. The number of hydrogen-bond acceptors (Lipinski definition) is 3. The van der Waals surface area contributed by atoms with Gasteiger partial charge in [0.25, 0.3) is 5.91 Å². The van der Waals surface area contributed by atoms with Crippen LogP contribution >= 0.6 is 35.4 Å². The van der Waals surface area contributed by atoms with E-state index in [1.54, 1.807) is 23.1 Å². The Labute approximate surface area is 191 Å². The number of amides is 1. The SMILES string of the molecule is O=C1/C(=C/c2ccc(OCc3ccc(Cl)cc3)c(Cl)c2)NC(=S)N1C1CCCCC1. The van der Waals surface area contributed by atoms with Gasteiger partial charge >= 0.3 is 0 Å². The number of rotatable bonds is 5. The second kappa shape index (κ2) is 9.38. The fourth-order valence-corrected chi connectivity index (χ4v) is 4.56. The maximum absolute atomic E-state index is 12.9. The molecule has 1 saturated heterocycles. The first-order valence-corrected chi connectivity index (χ1v) is 11.2. The van der Waals surface area contributed by atoms with Gasteiger partial charge in [-0.2, -0.15) is 0 Å². The summed E-state index contributed by atoms with van der Waals surface area (Å²) in [5, 5.41) is 4.73. The van der Waals surface area contributed by atoms with Gasteiger partial charge in [0.2, 0.25) is 0 Å². The summed E-state index contributed by atoms with van der Waals surface area (Å²) in [6, 6.07) is 13.1. The van der Waals surface area contributed by atoms with Crippen molar-refractivity contribution in [3.05, 3.63) is 69.3 Å². The zero-order chi connectivity index (χ0) is 21.1. The van der Waals surface area contributed by atoms with Crippen molar-refractivity contribution in [3.8, 4) is 5.75 Å². The van der Waals surface area contributed by atoms with Crippen LogP contribution in [0.5, 0.6) is 5.75 Å². The molecule has 2 aliphatic rings. The first-order chi connectivity index (χ1) is 14.5. The van der Waals surface area contributed by atoms with E-state index in [9.17, 15) is 4.79 Å². The second-order valence-corrected chi connectivity index (χ2v) is 8.79. The van der Waals surface area contributed by atoms with Gasteiger partial charge in [0.1, 0.15) is 18.1 Å². The predicted molar refractivity (Wildman–Crippen MR) is 125 cm³/mol. The average molecular weight is 461 g/mol. The monoisotopic (exact) mass is 460 g/mol. The molecule has 0 spiro atoms.